The number of fused-ring (bicyclic) bond motifs is 1. The molecule has 2 heterocycles. The van der Waals surface area contributed by atoms with Crippen molar-refractivity contribution in [3.63, 3.8) is 0 Å². The summed E-state index contributed by atoms with van der Waals surface area (Å²) in [6, 6.07) is 9.00. The molecule has 1 aromatic carbocycles. The maximum absolute atomic E-state index is 6.00. The third kappa shape index (κ3) is 2.25. The van der Waals surface area contributed by atoms with Gasteiger partial charge in [0.1, 0.15) is 5.82 Å². The van der Waals surface area contributed by atoms with E-state index < -0.39 is 0 Å². The van der Waals surface area contributed by atoms with Crippen molar-refractivity contribution in [2.75, 3.05) is 7.11 Å². The van der Waals surface area contributed by atoms with Gasteiger partial charge in [-0.3, -0.25) is 0 Å². The average Bonchev–Trinajstić information content (AvgIpc) is 2.84. The number of pyridine rings is 1. The summed E-state index contributed by atoms with van der Waals surface area (Å²) in [4.78, 5) is 11.8. The second-order valence-electron chi connectivity index (χ2n) is 3.94. The Kier molecular flexibility index (Phi) is 3.05. The molecule has 0 atom stereocenters. The number of H-pyrrole nitrogens is 1. The topological polar surface area (TPSA) is 50.8 Å². The fourth-order valence-corrected chi connectivity index (χ4v) is 2.07. The van der Waals surface area contributed by atoms with E-state index in [2.05, 4.69) is 15.0 Å². The molecule has 0 amide bonds. The Hall–Kier alpha value is -1.78. The van der Waals surface area contributed by atoms with Crippen molar-refractivity contribution in [3.8, 4) is 17.3 Å². The predicted molar refractivity (Wildman–Crippen MR) is 75.9 cm³/mol. The van der Waals surface area contributed by atoms with Gasteiger partial charge < -0.3 is 9.72 Å². The van der Waals surface area contributed by atoms with Gasteiger partial charge in [0.15, 0.2) is 5.65 Å². The Labute approximate surface area is 119 Å². The molecular weight excluding hydrogens is 285 g/mol. The molecule has 0 aliphatic heterocycles. The summed E-state index contributed by atoms with van der Waals surface area (Å²) >= 11 is 11.9. The normalized spacial score (nSPS) is 10.9. The van der Waals surface area contributed by atoms with Crippen LogP contribution in [-0.2, 0) is 0 Å². The van der Waals surface area contributed by atoms with Gasteiger partial charge in [-0.2, -0.15) is 4.98 Å². The molecule has 3 aromatic rings. The summed E-state index contributed by atoms with van der Waals surface area (Å²) in [5.41, 5.74) is 2.29. The van der Waals surface area contributed by atoms with Gasteiger partial charge in [0.2, 0.25) is 5.88 Å². The molecule has 6 heteroatoms. The fourth-order valence-electron chi connectivity index (χ4n) is 1.77. The molecule has 0 fully saturated rings. The van der Waals surface area contributed by atoms with Crippen molar-refractivity contribution in [3.05, 3.63) is 40.4 Å². The summed E-state index contributed by atoms with van der Waals surface area (Å²) < 4.78 is 5.07. The van der Waals surface area contributed by atoms with Gasteiger partial charge in [0, 0.05) is 11.6 Å². The number of ether oxygens (including phenoxy) is 1. The van der Waals surface area contributed by atoms with Crippen molar-refractivity contribution in [2.24, 2.45) is 0 Å². The first-order valence-electron chi connectivity index (χ1n) is 5.53. The number of imidazole rings is 1. The second kappa shape index (κ2) is 4.72. The van der Waals surface area contributed by atoms with E-state index in [9.17, 15) is 0 Å². The molecule has 0 spiro atoms. The van der Waals surface area contributed by atoms with E-state index in [1.54, 1.807) is 25.3 Å². The molecule has 0 unspecified atom stereocenters. The minimum absolute atomic E-state index is 0.491. The van der Waals surface area contributed by atoms with E-state index in [-0.39, 0.29) is 0 Å². The predicted octanol–water partition coefficient (Wildman–Crippen LogP) is 3.94. The number of halogens is 2. The van der Waals surface area contributed by atoms with Crippen LogP contribution in [0.1, 0.15) is 0 Å². The molecule has 0 aliphatic rings. The number of hydrogen-bond acceptors (Lipinski definition) is 3. The van der Waals surface area contributed by atoms with Crippen LogP contribution in [0.3, 0.4) is 0 Å². The summed E-state index contributed by atoms with van der Waals surface area (Å²) in [6.07, 6.45) is 0. The largest absolute Gasteiger partial charge is 0.481 e. The lowest BCUT2D eigenvalue weighted by molar-refractivity contribution is 0.399. The van der Waals surface area contributed by atoms with E-state index in [1.807, 2.05) is 12.1 Å². The van der Waals surface area contributed by atoms with Crippen LogP contribution in [0.15, 0.2) is 30.3 Å². The first-order valence-corrected chi connectivity index (χ1v) is 6.29. The highest BCUT2D eigenvalue weighted by molar-refractivity contribution is 6.42. The Morgan fingerprint density at radius 3 is 2.63 bits per heavy atom. The minimum atomic E-state index is 0.491. The average molecular weight is 294 g/mol. The van der Waals surface area contributed by atoms with Crippen molar-refractivity contribution in [1.82, 2.24) is 15.0 Å². The number of hydrogen-bond donors (Lipinski definition) is 1. The maximum atomic E-state index is 6.00. The Morgan fingerprint density at radius 1 is 1.05 bits per heavy atom. The number of aromatic nitrogens is 3. The summed E-state index contributed by atoms with van der Waals surface area (Å²) in [5, 5.41) is 1.01. The lowest BCUT2D eigenvalue weighted by Crippen LogP contribution is -1.86. The quantitative estimate of drug-likeness (QED) is 0.778. The van der Waals surface area contributed by atoms with Crippen LogP contribution in [0.25, 0.3) is 22.6 Å². The van der Waals surface area contributed by atoms with E-state index in [1.165, 1.54) is 0 Å². The van der Waals surface area contributed by atoms with Gasteiger partial charge in [0.05, 0.1) is 22.7 Å². The number of benzene rings is 1. The van der Waals surface area contributed by atoms with E-state index in [4.69, 9.17) is 27.9 Å². The molecule has 2 aromatic heterocycles. The third-order valence-electron chi connectivity index (χ3n) is 2.72. The highest BCUT2D eigenvalue weighted by atomic mass is 35.5. The van der Waals surface area contributed by atoms with Crippen LogP contribution in [0, 0.1) is 0 Å². The smallest absolute Gasteiger partial charge is 0.215 e. The van der Waals surface area contributed by atoms with E-state index in [0.717, 1.165) is 11.1 Å². The number of aromatic amines is 1. The van der Waals surface area contributed by atoms with Crippen molar-refractivity contribution < 1.29 is 4.74 Å². The first kappa shape index (κ1) is 12.3. The van der Waals surface area contributed by atoms with E-state index >= 15 is 0 Å². The Balaban J connectivity index is 2.11. The molecule has 0 aliphatic carbocycles. The number of nitrogens with one attached hydrogen (secondary N) is 1. The van der Waals surface area contributed by atoms with Gasteiger partial charge in [-0.1, -0.05) is 23.2 Å². The number of nitrogens with zero attached hydrogens (tertiary/aromatic N) is 2. The van der Waals surface area contributed by atoms with Crippen LogP contribution >= 0.6 is 23.2 Å². The highest BCUT2D eigenvalue weighted by Gasteiger charge is 2.09. The molecule has 19 heavy (non-hydrogen) atoms. The summed E-state index contributed by atoms with van der Waals surface area (Å²) in [6.45, 7) is 0. The van der Waals surface area contributed by atoms with Crippen LogP contribution in [0.2, 0.25) is 10.0 Å². The Morgan fingerprint density at radius 2 is 1.89 bits per heavy atom. The highest BCUT2D eigenvalue weighted by Crippen LogP contribution is 2.28. The molecule has 0 radical (unpaired) electrons. The van der Waals surface area contributed by atoms with E-state index in [0.29, 0.717) is 27.4 Å². The molecule has 0 bridgehead atoms. The van der Waals surface area contributed by atoms with Gasteiger partial charge in [-0.15, -0.1) is 0 Å². The van der Waals surface area contributed by atoms with Crippen LogP contribution in [-0.4, -0.2) is 22.1 Å². The molecule has 0 saturated carbocycles. The molecule has 96 valence electrons. The zero-order valence-electron chi connectivity index (χ0n) is 9.95. The van der Waals surface area contributed by atoms with Gasteiger partial charge in [-0.25, -0.2) is 4.98 Å². The van der Waals surface area contributed by atoms with Crippen LogP contribution in [0.4, 0.5) is 0 Å². The standard InChI is InChI=1S/C13H9Cl2N3O/c1-19-11-5-4-10-13(17-11)18-12(16-10)7-2-3-8(14)9(15)6-7/h2-6H,1H3,(H,16,17,18). The third-order valence-corrected chi connectivity index (χ3v) is 3.46. The SMILES string of the molecule is COc1ccc2[nH]c(-c3ccc(Cl)c(Cl)c3)nc2n1. The zero-order chi connectivity index (χ0) is 13.4. The lowest BCUT2D eigenvalue weighted by atomic mass is 10.2. The van der Waals surface area contributed by atoms with Gasteiger partial charge >= 0.3 is 0 Å². The van der Waals surface area contributed by atoms with Crippen LogP contribution in [0.5, 0.6) is 5.88 Å². The minimum Gasteiger partial charge on any atom is -0.481 e. The Bertz CT molecular complexity index is 755. The molecular formula is C13H9Cl2N3O. The van der Waals surface area contributed by atoms with Crippen molar-refractivity contribution in [2.45, 2.75) is 0 Å². The van der Waals surface area contributed by atoms with Gasteiger partial charge in [-0.05, 0) is 24.3 Å². The second-order valence-corrected chi connectivity index (χ2v) is 4.75. The summed E-state index contributed by atoms with van der Waals surface area (Å²) in [5.74, 6) is 1.22. The van der Waals surface area contributed by atoms with Crippen molar-refractivity contribution in [1.29, 1.82) is 0 Å². The zero-order valence-corrected chi connectivity index (χ0v) is 11.5. The molecule has 3 rings (SSSR count). The monoisotopic (exact) mass is 293 g/mol. The number of methoxy groups -OCH3 is 1. The fraction of sp³-hybridized carbons (Fsp3) is 0.0769. The molecule has 4 nitrogen and oxygen atoms in total. The first-order chi connectivity index (χ1) is 9.17. The summed E-state index contributed by atoms with van der Waals surface area (Å²) in [7, 11) is 1.57. The maximum Gasteiger partial charge on any atom is 0.215 e. The lowest BCUT2D eigenvalue weighted by Gasteiger charge is -1.98. The molecule has 1 N–H and O–H groups in total. The number of rotatable bonds is 2. The van der Waals surface area contributed by atoms with Gasteiger partial charge in [0.25, 0.3) is 0 Å². The van der Waals surface area contributed by atoms with Crippen LogP contribution < -0.4 is 4.74 Å². The molecule has 0 saturated heterocycles. The van der Waals surface area contributed by atoms with Crippen molar-refractivity contribution >= 4 is 34.4 Å².